The number of pyridine rings is 1. The minimum atomic E-state index is 0.0375. The van der Waals surface area contributed by atoms with Crippen molar-refractivity contribution in [3.05, 3.63) is 52.7 Å². The number of rotatable bonds is 4. The Bertz CT molecular complexity index is 849. The zero-order valence-corrected chi connectivity index (χ0v) is 17.5. The first kappa shape index (κ1) is 19.4. The van der Waals surface area contributed by atoms with E-state index in [-0.39, 0.29) is 12.0 Å². The molecule has 2 aromatic rings. The number of amides is 1. The van der Waals surface area contributed by atoms with Crippen LogP contribution in [-0.2, 0) is 0 Å². The number of hydrogen-bond donors (Lipinski definition) is 0. The number of halogens is 1. The summed E-state index contributed by atoms with van der Waals surface area (Å²) in [6.07, 6.45) is 2.90. The smallest absolute Gasteiger partial charge is 0.254 e. The lowest BCUT2D eigenvalue weighted by Gasteiger charge is -2.37. The summed E-state index contributed by atoms with van der Waals surface area (Å²) in [5, 5.41) is 0.740. The van der Waals surface area contributed by atoms with Crippen LogP contribution in [0.1, 0.15) is 22.3 Å². The Morgan fingerprint density at radius 2 is 2.04 bits per heavy atom. The molecule has 148 valence electrons. The van der Waals surface area contributed by atoms with Crippen LogP contribution in [0.5, 0.6) is 5.88 Å². The highest BCUT2D eigenvalue weighted by Crippen LogP contribution is 2.26. The molecule has 7 heteroatoms. The van der Waals surface area contributed by atoms with E-state index in [1.807, 2.05) is 34.9 Å². The van der Waals surface area contributed by atoms with Gasteiger partial charge in [0.25, 0.3) is 5.91 Å². The third-order valence-corrected chi connectivity index (χ3v) is 6.60. The fourth-order valence-corrected chi connectivity index (χ4v) is 4.90. The molecule has 1 aromatic carbocycles. The Kier molecular flexibility index (Phi) is 5.97. The van der Waals surface area contributed by atoms with Gasteiger partial charge in [-0.05, 0) is 42.9 Å². The minimum absolute atomic E-state index is 0.0375. The van der Waals surface area contributed by atoms with E-state index in [0.717, 1.165) is 41.7 Å². The van der Waals surface area contributed by atoms with Crippen LogP contribution < -0.4 is 9.64 Å². The van der Waals surface area contributed by atoms with E-state index in [0.29, 0.717) is 24.5 Å². The number of benzene rings is 1. The lowest BCUT2D eigenvalue weighted by molar-refractivity contribution is 0.0745. The zero-order valence-electron chi connectivity index (χ0n) is 15.9. The fourth-order valence-electron chi connectivity index (χ4n) is 3.64. The van der Waals surface area contributed by atoms with Gasteiger partial charge in [0.1, 0.15) is 6.10 Å². The van der Waals surface area contributed by atoms with E-state index < -0.39 is 0 Å². The van der Waals surface area contributed by atoms with Crippen LogP contribution >= 0.6 is 23.4 Å². The number of anilines is 1. The fraction of sp³-hybridized carbons (Fsp3) is 0.429. The maximum atomic E-state index is 13.0. The summed E-state index contributed by atoms with van der Waals surface area (Å²) in [4.78, 5) is 21.4. The van der Waals surface area contributed by atoms with Gasteiger partial charge in [-0.25, -0.2) is 4.98 Å². The third kappa shape index (κ3) is 4.39. The molecule has 2 saturated heterocycles. The topological polar surface area (TPSA) is 45.7 Å². The molecule has 0 N–H and O–H groups in total. The van der Waals surface area contributed by atoms with Gasteiger partial charge in [-0.3, -0.25) is 4.79 Å². The van der Waals surface area contributed by atoms with E-state index in [1.54, 1.807) is 18.3 Å². The van der Waals surface area contributed by atoms with Crippen LogP contribution in [0.15, 0.2) is 36.5 Å². The van der Waals surface area contributed by atoms with Crippen LogP contribution in [0.4, 0.5) is 5.69 Å². The van der Waals surface area contributed by atoms with E-state index in [1.165, 1.54) is 5.56 Å². The Balaban J connectivity index is 1.39. The van der Waals surface area contributed by atoms with E-state index in [9.17, 15) is 4.79 Å². The van der Waals surface area contributed by atoms with Gasteiger partial charge in [0.15, 0.2) is 0 Å². The molecule has 3 heterocycles. The summed E-state index contributed by atoms with van der Waals surface area (Å²) in [5.74, 6) is 2.70. The zero-order chi connectivity index (χ0) is 19.5. The summed E-state index contributed by atoms with van der Waals surface area (Å²) < 4.78 is 5.93. The molecule has 2 aliphatic rings. The number of aryl methyl sites for hydroxylation is 1. The van der Waals surface area contributed by atoms with Crippen molar-refractivity contribution in [2.24, 2.45) is 0 Å². The molecule has 4 rings (SSSR count). The molecule has 2 aliphatic heterocycles. The van der Waals surface area contributed by atoms with Crippen LogP contribution in [0.3, 0.4) is 0 Å². The Labute approximate surface area is 175 Å². The first-order valence-electron chi connectivity index (χ1n) is 9.61. The van der Waals surface area contributed by atoms with Gasteiger partial charge in [0.2, 0.25) is 5.88 Å². The van der Waals surface area contributed by atoms with Crippen LogP contribution in [0.2, 0.25) is 5.02 Å². The number of nitrogens with zero attached hydrogens (tertiary/aromatic N) is 3. The van der Waals surface area contributed by atoms with Gasteiger partial charge in [-0.2, -0.15) is 11.8 Å². The Morgan fingerprint density at radius 1 is 1.21 bits per heavy atom. The highest BCUT2D eigenvalue weighted by Gasteiger charge is 2.24. The van der Waals surface area contributed by atoms with Gasteiger partial charge in [-0.1, -0.05) is 17.7 Å². The predicted octanol–water partition coefficient (Wildman–Crippen LogP) is 3.89. The van der Waals surface area contributed by atoms with Gasteiger partial charge < -0.3 is 14.5 Å². The van der Waals surface area contributed by atoms with Crippen LogP contribution in [0, 0.1) is 6.92 Å². The lowest BCUT2D eigenvalue weighted by atomic mass is 10.1. The number of carbonyl (C=O) groups excluding carboxylic acids is 1. The van der Waals surface area contributed by atoms with Crippen molar-refractivity contribution in [1.29, 1.82) is 0 Å². The number of hydrogen-bond acceptors (Lipinski definition) is 5. The molecule has 0 bridgehead atoms. The third-order valence-electron chi connectivity index (χ3n) is 5.24. The predicted molar refractivity (Wildman–Crippen MR) is 115 cm³/mol. The lowest BCUT2D eigenvalue weighted by Crippen LogP contribution is -2.49. The maximum absolute atomic E-state index is 13.0. The standard InChI is InChI=1S/C21H24ClN3O2S/c1-15-2-3-17(22)13-19(15)24-7-9-25(10-8-24)21(26)16-4-6-23-20(12-16)27-18-5-11-28-14-18/h2-4,6,12-13,18H,5,7-11,14H2,1H3. The summed E-state index contributed by atoms with van der Waals surface area (Å²) >= 11 is 8.05. The molecule has 1 unspecified atom stereocenters. The quantitative estimate of drug-likeness (QED) is 0.755. The maximum Gasteiger partial charge on any atom is 0.254 e. The number of thioether (sulfide) groups is 1. The summed E-state index contributed by atoms with van der Waals surface area (Å²) in [7, 11) is 0. The van der Waals surface area contributed by atoms with Gasteiger partial charge in [-0.15, -0.1) is 0 Å². The van der Waals surface area contributed by atoms with Crippen LogP contribution in [-0.4, -0.2) is 59.6 Å². The van der Waals surface area contributed by atoms with Crippen molar-refractivity contribution in [2.75, 3.05) is 42.6 Å². The SMILES string of the molecule is Cc1ccc(Cl)cc1N1CCN(C(=O)c2ccnc(OC3CCSC3)c2)CC1. The van der Waals surface area contributed by atoms with Crippen molar-refractivity contribution in [3.63, 3.8) is 0 Å². The number of piperazine rings is 1. The number of aromatic nitrogens is 1. The van der Waals surface area contributed by atoms with Crippen molar-refractivity contribution in [1.82, 2.24) is 9.88 Å². The average molecular weight is 418 g/mol. The van der Waals surface area contributed by atoms with E-state index >= 15 is 0 Å². The van der Waals surface area contributed by atoms with Gasteiger partial charge in [0.05, 0.1) is 0 Å². The molecule has 1 aromatic heterocycles. The summed E-state index contributed by atoms with van der Waals surface area (Å²) in [5.41, 5.74) is 2.99. The Morgan fingerprint density at radius 3 is 2.79 bits per heavy atom. The molecule has 0 aliphatic carbocycles. The molecular weight excluding hydrogens is 394 g/mol. The second kappa shape index (κ2) is 8.62. The first-order chi connectivity index (χ1) is 13.6. The van der Waals surface area contributed by atoms with Crippen LogP contribution in [0.25, 0.3) is 0 Å². The normalized spacial score (nSPS) is 19.7. The highest BCUT2D eigenvalue weighted by atomic mass is 35.5. The van der Waals surface area contributed by atoms with E-state index in [2.05, 4.69) is 16.8 Å². The minimum Gasteiger partial charge on any atom is -0.473 e. The molecule has 2 fully saturated rings. The van der Waals surface area contributed by atoms with Gasteiger partial charge in [0, 0.05) is 60.5 Å². The molecule has 0 radical (unpaired) electrons. The van der Waals surface area contributed by atoms with Gasteiger partial charge >= 0.3 is 0 Å². The molecule has 5 nitrogen and oxygen atoms in total. The first-order valence-corrected chi connectivity index (χ1v) is 11.1. The molecule has 0 spiro atoms. The molecule has 28 heavy (non-hydrogen) atoms. The van der Waals surface area contributed by atoms with Crippen molar-refractivity contribution >= 4 is 35.0 Å². The number of carbonyl (C=O) groups is 1. The van der Waals surface area contributed by atoms with Crippen molar-refractivity contribution < 1.29 is 9.53 Å². The molecule has 1 atom stereocenters. The molecular formula is C21H24ClN3O2S. The second-order valence-electron chi connectivity index (χ2n) is 7.20. The monoisotopic (exact) mass is 417 g/mol. The van der Waals surface area contributed by atoms with Crippen molar-refractivity contribution in [2.45, 2.75) is 19.4 Å². The number of ether oxygens (including phenoxy) is 1. The second-order valence-corrected chi connectivity index (χ2v) is 8.78. The largest absolute Gasteiger partial charge is 0.473 e. The summed E-state index contributed by atoms with van der Waals surface area (Å²) in [6.45, 7) is 5.04. The molecule has 0 saturated carbocycles. The molecule has 1 amide bonds. The van der Waals surface area contributed by atoms with E-state index in [4.69, 9.17) is 16.3 Å². The average Bonchev–Trinajstić information content (AvgIpc) is 3.23. The highest BCUT2D eigenvalue weighted by molar-refractivity contribution is 7.99. The Hall–Kier alpha value is -1.92. The summed E-state index contributed by atoms with van der Waals surface area (Å²) in [6, 6.07) is 9.50. The van der Waals surface area contributed by atoms with Crippen molar-refractivity contribution in [3.8, 4) is 5.88 Å².